The highest BCUT2D eigenvalue weighted by Crippen LogP contribution is 2.43. The van der Waals surface area contributed by atoms with Gasteiger partial charge in [-0.05, 0) is 88.1 Å². The summed E-state index contributed by atoms with van der Waals surface area (Å²) in [6.45, 7) is 12.9. The average Bonchev–Trinajstić information content (AvgIpc) is 3.13. The summed E-state index contributed by atoms with van der Waals surface area (Å²) in [7, 11) is 0. The summed E-state index contributed by atoms with van der Waals surface area (Å²) >= 11 is 0. The molecule has 2 heterocycles. The molecule has 26 heavy (non-hydrogen) atoms. The molecule has 0 aliphatic carbocycles. The summed E-state index contributed by atoms with van der Waals surface area (Å²) in [5.41, 5.74) is 11.3. The fourth-order valence-electron chi connectivity index (χ4n) is 4.21. The molecular formula is C24H22O2. The zero-order valence-corrected chi connectivity index (χ0v) is 16.1. The van der Waals surface area contributed by atoms with Crippen molar-refractivity contribution in [2.75, 3.05) is 0 Å². The van der Waals surface area contributed by atoms with Crippen LogP contribution in [0.2, 0.25) is 0 Å². The molecule has 130 valence electrons. The molecular weight excluding hydrogens is 320 g/mol. The maximum Gasteiger partial charge on any atom is 0.139 e. The predicted molar refractivity (Wildman–Crippen MR) is 109 cm³/mol. The van der Waals surface area contributed by atoms with Gasteiger partial charge in [-0.15, -0.1) is 0 Å². The Kier molecular flexibility index (Phi) is 2.93. The Morgan fingerprint density at radius 1 is 0.500 bits per heavy atom. The van der Waals surface area contributed by atoms with Crippen LogP contribution in [0.1, 0.15) is 33.4 Å². The molecule has 0 fully saturated rings. The van der Waals surface area contributed by atoms with Gasteiger partial charge in [0.05, 0.1) is 0 Å². The van der Waals surface area contributed by atoms with Crippen LogP contribution in [-0.2, 0) is 0 Å². The minimum Gasteiger partial charge on any atom is -0.456 e. The van der Waals surface area contributed by atoms with Crippen molar-refractivity contribution in [2.45, 2.75) is 41.5 Å². The van der Waals surface area contributed by atoms with Gasteiger partial charge in [0, 0.05) is 32.7 Å². The molecule has 5 rings (SSSR count). The summed E-state index contributed by atoms with van der Waals surface area (Å²) in [5, 5.41) is 4.72. The number of hydrogen-bond donors (Lipinski definition) is 0. The molecule has 0 unspecified atom stereocenters. The smallest absolute Gasteiger partial charge is 0.139 e. The van der Waals surface area contributed by atoms with Crippen molar-refractivity contribution < 1.29 is 8.83 Å². The lowest BCUT2D eigenvalue weighted by Gasteiger charge is -2.03. The van der Waals surface area contributed by atoms with E-state index in [9.17, 15) is 0 Å². The highest BCUT2D eigenvalue weighted by Gasteiger charge is 2.21. The van der Waals surface area contributed by atoms with E-state index in [-0.39, 0.29) is 0 Å². The quantitative estimate of drug-likeness (QED) is 0.294. The third kappa shape index (κ3) is 1.82. The Labute approximate surface area is 152 Å². The lowest BCUT2D eigenvalue weighted by molar-refractivity contribution is 0.659. The lowest BCUT2D eigenvalue weighted by Crippen LogP contribution is -1.84. The standard InChI is InChI=1S/C24H22O2/c1-11-7-17-19(9-13(11)3)25-23-16(6)22-18-8-12(2)14(4)10-20(18)26-24(22)15(5)21(17)23/h7-10H,1-6H3. The molecule has 2 heteroatoms. The van der Waals surface area contributed by atoms with Crippen LogP contribution in [-0.4, -0.2) is 0 Å². The Balaban J connectivity index is 2.06. The molecule has 2 nitrogen and oxygen atoms in total. The van der Waals surface area contributed by atoms with Crippen molar-refractivity contribution in [2.24, 2.45) is 0 Å². The van der Waals surface area contributed by atoms with Crippen LogP contribution in [0.15, 0.2) is 33.1 Å². The molecule has 0 bridgehead atoms. The molecule has 5 aromatic rings. The van der Waals surface area contributed by atoms with Crippen molar-refractivity contribution in [1.29, 1.82) is 0 Å². The van der Waals surface area contributed by atoms with E-state index in [1.807, 2.05) is 0 Å². The van der Waals surface area contributed by atoms with Gasteiger partial charge in [0.1, 0.15) is 22.3 Å². The van der Waals surface area contributed by atoms with E-state index in [0.717, 1.165) is 33.5 Å². The van der Waals surface area contributed by atoms with Crippen LogP contribution in [0.3, 0.4) is 0 Å². The van der Waals surface area contributed by atoms with Crippen molar-refractivity contribution in [1.82, 2.24) is 0 Å². The molecule has 0 saturated heterocycles. The van der Waals surface area contributed by atoms with Gasteiger partial charge in [0.2, 0.25) is 0 Å². The summed E-state index contributed by atoms with van der Waals surface area (Å²) < 4.78 is 12.7. The van der Waals surface area contributed by atoms with E-state index in [1.165, 1.54) is 43.8 Å². The Morgan fingerprint density at radius 2 is 0.846 bits per heavy atom. The zero-order valence-electron chi connectivity index (χ0n) is 16.1. The molecule has 0 spiro atoms. The van der Waals surface area contributed by atoms with Gasteiger partial charge in [-0.3, -0.25) is 0 Å². The first-order chi connectivity index (χ1) is 12.4. The molecule has 0 aliphatic rings. The predicted octanol–water partition coefficient (Wildman–Crippen LogP) is 7.34. The van der Waals surface area contributed by atoms with Gasteiger partial charge in [-0.1, -0.05) is 0 Å². The monoisotopic (exact) mass is 342 g/mol. The van der Waals surface area contributed by atoms with Gasteiger partial charge in [-0.2, -0.15) is 0 Å². The Hall–Kier alpha value is -2.74. The molecule has 0 radical (unpaired) electrons. The van der Waals surface area contributed by atoms with Crippen molar-refractivity contribution in [3.8, 4) is 0 Å². The number of furan rings is 2. The van der Waals surface area contributed by atoms with Crippen LogP contribution in [0, 0.1) is 41.5 Å². The highest BCUT2D eigenvalue weighted by molar-refractivity contribution is 6.19. The molecule has 0 amide bonds. The summed E-state index contributed by atoms with van der Waals surface area (Å²) in [6.07, 6.45) is 0. The minimum absolute atomic E-state index is 0.957. The molecule has 2 aromatic heterocycles. The van der Waals surface area contributed by atoms with Crippen LogP contribution in [0.25, 0.3) is 43.9 Å². The third-order valence-electron chi connectivity index (χ3n) is 6.04. The van der Waals surface area contributed by atoms with Gasteiger partial charge in [0.25, 0.3) is 0 Å². The first-order valence-corrected chi connectivity index (χ1v) is 9.13. The highest BCUT2D eigenvalue weighted by atomic mass is 16.3. The summed E-state index contributed by atoms with van der Waals surface area (Å²) in [4.78, 5) is 0. The minimum atomic E-state index is 0.957. The average molecular weight is 342 g/mol. The fraction of sp³-hybridized carbons (Fsp3) is 0.250. The Bertz CT molecular complexity index is 1270. The number of fused-ring (bicyclic) bond motifs is 6. The van der Waals surface area contributed by atoms with E-state index in [1.54, 1.807) is 0 Å². The maximum absolute atomic E-state index is 6.34. The summed E-state index contributed by atoms with van der Waals surface area (Å²) in [5.74, 6) is 0. The Morgan fingerprint density at radius 3 is 1.23 bits per heavy atom. The van der Waals surface area contributed by atoms with Gasteiger partial charge in [0.15, 0.2) is 0 Å². The van der Waals surface area contributed by atoms with Crippen LogP contribution < -0.4 is 0 Å². The first-order valence-electron chi connectivity index (χ1n) is 9.13. The van der Waals surface area contributed by atoms with Gasteiger partial charge >= 0.3 is 0 Å². The van der Waals surface area contributed by atoms with E-state index >= 15 is 0 Å². The topological polar surface area (TPSA) is 26.3 Å². The van der Waals surface area contributed by atoms with E-state index < -0.39 is 0 Å². The largest absolute Gasteiger partial charge is 0.456 e. The number of aryl methyl sites for hydroxylation is 6. The maximum atomic E-state index is 6.34. The van der Waals surface area contributed by atoms with Crippen molar-refractivity contribution in [3.05, 3.63) is 57.6 Å². The SMILES string of the molecule is Cc1cc2oc3c(C)c4c(oc5cc(C)c(C)cc54)c(C)c3c2cc1C. The molecule has 0 aliphatic heterocycles. The number of hydrogen-bond acceptors (Lipinski definition) is 2. The number of rotatable bonds is 0. The molecule has 0 atom stereocenters. The van der Waals surface area contributed by atoms with Crippen molar-refractivity contribution in [3.63, 3.8) is 0 Å². The normalized spacial score (nSPS) is 12.2. The van der Waals surface area contributed by atoms with E-state index in [4.69, 9.17) is 8.83 Å². The lowest BCUT2D eigenvalue weighted by atomic mass is 9.97. The second-order valence-corrected chi connectivity index (χ2v) is 7.73. The van der Waals surface area contributed by atoms with Crippen LogP contribution in [0.4, 0.5) is 0 Å². The van der Waals surface area contributed by atoms with Crippen LogP contribution >= 0.6 is 0 Å². The molecule has 0 saturated carbocycles. The zero-order chi connectivity index (χ0) is 18.3. The van der Waals surface area contributed by atoms with Gasteiger partial charge in [-0.25, -0.2) is 0 Å². The van der Waals surface area contributed by atoms with Gasteiger partial charge < -0.3 is 8.83 Å². The third-order valence-corrected chi connectivity index (χ3v) is 6.04. The second-order valence-electron chi connectivity index (χ2n) is 7.73. The van der Waals surface area contributed by atoms with E-state index in [0.29, 0.717) is 0 Å². The summed E-state index contributed by atoms with van der Waals surface area (Å²) in [6, 6.07) is 8.78. The first kappa shape index (κ1) is 15.5. The molecule has 3 aromatic carbocycles. The van der Waals surface area contributed by atoms with Crippen molar-refractivity contribution >= 4 is 43.9 Å². The molecule has 0 N–H and O–H groups in total. The second kappa shape index (κ2) is 4.91. The van der Waals surface area contributed by atoms with Crippen LogP contribution in [0.5, 0.6) is 0 Å². The fourth-order valence-corrected chi connectivity index (χ4v) is 4.21. The number of benzene rings is 3. The van der Waals surface area contributed by atoms with E-state index in [2.05, 4.69) is 65.8 Å².